The highest BCUT2D eigenvalue weighted by Gasteiger charge is 2.15. The average molecular weight is 389 g/mol. The van der Waals surface area contributed by atoms with E-state index in [0.717, 1.165) is 5.56 Å². The van der Waals surface area contributed by atoms with Crippen LogP contribution >= 0.6 is 0 Å². The minimum Gasteiger partial charge on any atom is -0.345 e. The number of aryl methyl sites for hydroxylation is 2. The summed E-state index contributed by atoms with van der Waals surface area (Å²) in [7, 11) is 0. The minimum atomic E-state index is -0.350. The second kappa shape index (κ2) is 7.67. The summed E-state index contributed by atoms with van der Waals surface area (Å²) in [6.45, 7) is 3.99. The fraction of sp³-hybridized carbons (Fsp3) is 0.190. The van der Waals surface area contributed by atoms with Gasteiger partial charge in [-0.3, -0.25) is 14.6 Å². The lowest BCUT2D eigenvalue weighted by molar-refractivity contribution is 0.0948. The molecule has 8 heteroatoms. The molecule has 29 heavy (non-hydrogen) atoms. The first-order valence-electron chi connectivity index (χ1n) is 9.13. The molecule has 0 unspecified atom stereocenters. The van der Waals surface area contributed by atoms with E-state index in [1.54, 1.807) is 36.7 Å². The zero-order chi connectivity index (χ0) is 20.4. The normalized spacial score (nSPS) is 11.0. The molecule has 3 aromatic heterocycles. The Hall–Kier alpha value is -3.81. The molecule has 0 saturated heterocycles. The number of nitrogens with zero attached hydrogens (tertiary/aromatic N) is 4. The second-order valence-corrected chi connectivity index (χ2v) is 6.70. The van der Waals surface area contributed by atoms with Crippen molar-refractivity contribution in [2.75, 3.05) is 0 Å². The summed E-state index contributed by atoms with van der Waals surface area (Å²) >= 11 is 0. The van der Waals surface area contributed by atoms with Crippen LogP contribution in [0.1, 0.15) is 33.3 Å². The van der Waals surface area contributed by atoms with Gasteiger partial charge in [0.1, 0.15) is 0 Å². The van der Waals surface area contributed by atoms with Crippen molar-refractivity contribution in [3.05, 3.63) is 87.6 Å². The number of pyridine rings is 2. The summed E-state index contributed by atoms with van der Waals surface area (Å²) in [5.41, 5.74) is 2.26. The highest BCUT2D eigenvalue weighted by molar-refractivity contribution is 5.98. The van der Waals surface area contributed by atoms with Crippen molar-refractivity contribution in [2.45, 2.75) is 26.9 Å². The lowest BCUT2D eigenvalue weighted by atomic mass is 10.1. The number of carbonyl (C=O) groups excluding carboxylic acids is 1. The maximum atomic E-state index is 13.0. The molecular formula is C21H19N5O3. The zero-order valence-corrected chi connectivity index (χ0v) is 16.0. The number of fused-ring (bicyclic) bond motifs is 1. The Labute approximate surface area is 166 Å². The van der Waals surface area contributed by atoms with Crippen molar-refractivity contribution in [3.63, 3.8) is 0 Å². The molecule has 1 N–H and O–H groups in total. The predicted octanol–water partition coefficient (Wildman–Crippen LogP) is 2.37. The van der Waals surface area contributed by atoms with Gasteiger partial charge in [0.05, 0.1) is 35.2 Å². The van der Waals surface area contributed by atoms with Crippen LogP contribution in [0, 0.1) is 13.8 Å². The Kier molecular flexibility index (Phi) is 4.90. The van der Waals surface area contributed by atoms with Crippen LogP contribution in [0.15, 0.2) is 58.0 Å². The zero-order valence-electron chi connectivity index (χ0n) is 16.0. The molecule has 0 atom stereocenters. The number of rotatable bonds is 5. The first kappa shape index (κ1) is 18.5. The third-order valence-electron chi connectivity index (χ3n) is 4.56. The van der Waals surface area contributed by atoms with Crippen molar-refractivity contribution >= 4 is 16.8 Å². The van der Waals surface area contributed by atoms with Gasteiger partial charge < -0.3 is 14.4 Å². The van der Waals surface area contributed by atoms with Crippen molar-refractivity contribution in [1.82, 2.24) is 25.0 Å². The molecule has 0 spiro atoms. The van der Waals surface area contributed by atoms with Crippen LogP contribution in [-0.2, 0) is 13.1 Å². The topological polar surface area (TPSA) is 103 Å². The fourth-order valence-electron chi connectivity index (χ4n) is 3.11. The maximum absolute atomic E-state index is 13.0. The lowest BCUT2D eigenvalue weighted by Crippen LogP contribution is -2.26. The monoisotopic (exact) mass is 389 g/mol. The van der Waals surface area contributed by atoms with Gasteiger partial charge in [-0.25, -0.2) is 0 Å². The van der Waals surface area contributed by atoms with Crippen LogP contribution in [0.5, 0.6) is 0 Å². The summed E-state index contributed by atoms with van der Waals surface area (Å²) in [5.74, 6) is 0.460. The third kappa shape index (κ3) is 3.91. The maximum Gasteiger partial charge on any atom is 0.260 e. The van der Waals surface area contributed by atoms with Crippen LogP contribution in [0.3, 0.4) is 0 Å². The Morgan fingerprint density at radius 2 is 1.93 bits per heavy atom. The molecule has 4 aromatic rings. The molecule has 3 heterocycles. The van der Waals surface area contributed by atoms with Gasteiger partial charge in [-0.2, -0.15) is 4.98 Å². The van der Waals surface area contributed by atoms with Crippen molar-refractivity contribution in [2.24, 2.45) is 0 Å². The van der Waals surface area contributed by atoms with E-state index in [2.05, 4.69) is 20.4 Å². The minimum absolute atomic E-state index is 0.126. The van der Waals surface area contributed by atoms with Crippen LogP contribution < -0.4 is 10.9 Å². The van der Waals surface area contributed by atoms with E-state index < -0.39 is 0 Å². The second-order valence-electron chi connectivity index (χ2n) is 6.70. The van der Waals surface area contributed by atoms with Crippen LogP contribution in [0.25, 0.3) is 10.9 Å². The Bertz CT molecular complexity index is 1240. The SMILES string of the molecule is Cc1nc(CNC(=O)c2cc3c(=O)n(Cc4ccccc4)ccc3nc2C)no1. The molecule has 1 amide bonds. The molecule has 0 radical (unpaired) electrons. The summed E-state index contributed by atoms with van der Waals surface area (Å²) in [4.78, 5) is 34.1. The number of aromatic nitrogens is 4. The summed E-state index contributed by atoms with van der Waals surface area (Å²) < 4.78 is 6.50. The summed E-state index contributed by atoms with van der Waals surface area (Å²) in [6.07, 6.45) is 1.72. The van der Waals surface area contributed by atoms with Crippen molar-refractivity contribution in [1.29, 1.82) is 0 Å². The molecule has 0 aliphatic carbocycles. The van der Waals surface area contributed by atoms with E-state index in [1.165, 1.54) is 0 Å². The van der Waals surface area contributed by atoms with Gasteiger partial charge in [0.15, 0.2) is 5.82 Å². The Morgan fingerprint density at radius 3 is 2.66 bits per heavy atom. The average Bonchev–Trinajstić information content (AvgIpc) is 3.14. The lowest BCUT2D eigenvalue weighted by Gasteiger charge is -2.10. The van der Waals surface area contributed by atoms with E-state index in [0.29, 0.717) is 40.4 Å². The molecule has 0 aliphatic heterocycles. The third-order valence-corrected chi connectivity index (χ3v) is 4.56. The van der Waals surface area contributed by atoms with Gasteiger partial charge in [-0.1, -0.05) is 35.5 Å². The van der Waals surface area contributed by atoms with E-state index in [-0.39, 0.29) is 18.0 Å². The van der Waals surface area contributed by atoms with E-state index >= 15 is 0 Å². The molecule has 4 rings (SSSR count). The van der Waals surface area contributed by atoms with Crippen LogP contribution in [0.4, 0.5) is 0 Å². The first-order chi connectivity index (χ1) is 14.0. The van der Waals surface area contributed by atoms with Crippen LogP contribution in [0.2, 0.25) is 0 Å². The largest absolute Gasteiger partial charge is 0.345 e. The molecule has 8 nitrogen and oxygen atoms in total. The summed E-state index contributed by atoms with van der Waals surface area (Å²) in [6, 6.07) is 13.1. The number of hydrogen-bond acceptors (Lipinski definition) is 6. The highest BCUT2D eigenvalue weighted by Crippen LogP contribution is 2.14. The standard InChI is InChI=1S/C21H19N5O3/c1-13-16(20(27)22-11-19-24-14(2)29-25-19)10-17-18(23-13)8-9-26(21(17)28)12-15-6-4-3-5-7-15/h3-10H,11-12H2,1-2H3,(H,22,27). The van der Waals surface area contributed by atoms with E-state index in [4.69, 9.17) is 4.52 Å². The highest BCUT2D eigenvalue weighted by atomic mass is 16.5. The quantitative estimate of drug-likeness (QED) is 0.562. The van der Waals surface area contributed by atoms with Gasteiger partial charge in [0.25, 0.3) is 11.5 Å². The van der Waals surface area contributed by atoms with Crippen LogP contribution in [-0.4, -0.2) is 25.6 Å². The molecule has 0 bridgehead atoms. The smallest absolute Gasteiger partial charge is 0.260 e. The Balaban J connectivity index is 1.64. The van der Waals surface area contributed by atoms with Gasteiger partial charge in [0, 0.05) is 13.1 Å². The fourth-order valence-corrected chi connectivity index (χ4v) is 3.11. The number of amides is 1. The van der Waals surface area contributed by atoms with E-state index in [9.17, 15) is 9.59 Å². The van der Waals surface area contributed by atoms with Gasteiger partial charge in [0.2, 0.25) is 5.89 Å². The van der Waals surface area contributed by atoms with Gasteiger partial charge in [-0.05, 0) is 24.6 Å². The summed E-state index contributed by atoms with van der Waals surface area (Å²) in [5, 5.41) is 6.88. The number of benzene rings is 1. The molecule has 0 saturated carbocycles. The molecule has 0 fully saturated rings. The first-order valence-corrected chi connectivity index (χ1v) is 9.13. The number of hydrogen-bond donors (Lipinski definition) is 1. The Morgan fingerprint density at radius 1 is 1.14 bits per heavy atom. The molecule has 1 aromatic carbocycles. The molecular weight excluding hydrogens is 370 g/mol. The molecule has 0 aliphatic rings. The van der Waals surface area contributed by atoms with Gasteiger partial charge >= 0.3 is 0 Å². The number of nitrogens with one attached hydrogen (secondary N) is 1. The predicted molar refractivity (Wildman–Crippen MR) is 106 cm³/mol. The van der Waals surface area contributed by atoms with Gasteiger partial charge in [-0.15, -0.1) is 0 Å². The van der Waals surface area contributed by atoms with Crippen molar-refractivity contribution in [3.8, 4) is 0 Å². The number of carbonyl (C=O) groups is 1. The van der Waals surface area contributed by atoms with E-state index in [1.807, 2.05) is 30.3 Å². The molecule has 146 valence electrons. The van der Waals surface area contributed by atoms with Crippen molar-refractivity contribution < 1.29 is 9.32 Å².